The van der Waals surface area contributed by atoms with Gasteiger partial charge in [0.2, 0.25) is 6.39 Å². The predicted molar refractivity (Wildman–Crippen MR) is 54.6 cm³/mol. The van der Waals surface area contributed by atoms with Crippen LogP contribution in [-0.2, 0) is 11.3 Å². The Hall–Kier alpha value is -2.56. The van der Waals surface area contributed by atoms with E-state index >= 15 is 0 Å². The highest BCUT2D eigenvalue weighted by Gasteiger charge is 2.15. The van der Waals surface area contributed by atoms with Gasteiger partial charge in [-0.05, 0) is 0 Å². The highest BCUT2D eigenvalue weighted by atomic mass is 16.5. The molecule has 1 aromatic rings. The first-order valence-corrected chi connectivity index (χ1v) is 4.56. The summed E-state index contributed by atoms with van der Waals surface area (Å²) in [7, 11) is 0. The van der Waals surface area contributed by atoms with Crippen LogP contribution in [0.5, 0.6) is 0 Å². The zero-order valence-electron chi connectivity index (χ0n) is 8.79. The summed E-state index contributed by atoms with van der Waals surface area (Å²) < 4.78 is 4.47. The molecule has 2 amide bonds. The topological polar surface area (TPSA) is 109 Å². The Labute approximate surface area is 96.6 Å². The molecule has 0 spiro atoms. The summed E-state index contributed by atoms with van der Waals surface area (Å²) in [6, 6.07) is -0.602. The normalized spacial score (nSPS) is 9.35. The number of hydrogen-bond donors (Lipinski definition) is 2. The van der Waals surface area contributed by atoms with Gasteiger partial charge in [0.15, 0.2) is 5.82 Å². The largest absolute Gasteiger partial charge is 0.480 e. The quantitative estimate of drug-likeness (QED) is 0.656. The third-order valence-electron chi connectivity index (χ3n) is 1.70. The molecule has 0 saturated heterocycles. The van der Waals surface area contributed by atoms with Crippen LogP contribution in [-0.4, -0.2) is 45.2 Å². The van der Waals surface area contributed by atoms with Crippen molar-refractivity contribution in [3.05, 3.63) is 12.2 Å². The van der Waals surface area contributed by atoms with Gasteiger partial charge >= 0.3 is 12.0 Å². The van der Waals surface area contributed by atoms with Gasteiger partial charge in [0.05, 0.1) is 13.1 Å². The van der Waals surface area contributed by atoms with Crippen molar-refractivity contribution in [3.8, 4) is 12.3 Å². The van der Waals surface area contributed by atoms with E-state index in [1.807, 2.05) is 0 Å². The molecule has 0 aliphatic carbocycles. The number of carbonyl (C=O) groups excluding carboxylic acids is 1. The Morgan fingerprint density at radius 2 is 2.41 bits per heavy atom. The highest BCUT2D eigenvalue weighted by Crippen LogP contribution is 1.92. The van der Waals surface area contributed by atoms with Crippen LogP contribution in [0.1, 0.15) is 5.82 Å². The number of amides is 2. The van der Waals surface area contributed by atoms with Crippen molar-refractivity contribution >= 4 is 12.0 Å². The monoisotopic (exact) mass is 238 g/mol. The summed E-state index contributed by atoms with van der Waals surface area (Å²) in [6.45, 7) is -0.525. The van der Waals surface area contributed by atoms with Crippen molar-refractivity contribution in [2.75, 3.05) is 13.1 Å². The standard InChI is InChI=1S/C9H10N4O4/c1-2-3-13(5-8(14)15)9(16)10-4-7-11-6-17-12-7/h1,6H,3-5H2,(H,10,16)(H,14,15). The zero-order chi connectivity index (χ0) is 12.7. The van der Waals surface area contributed by atoms with Gasteiger partial charge in [-0.25, -0.2) is 4.79 Å². The molecule has 8 nitrogen and oxygen atoms in total. The fourth-order valence-corrected chi connectivity index (χ4v) is 1.01. The minimum atomic E-state index is -1.14. The van der Waals surface area contributed by atoms with Gasteiger partial charge in [0.1, 0.15) is 6.54 Å². The van der Waals surface area contributed by atoms with E-state index in [1.54, 1.807) is 0 Å². The number of hydrogen-bond acceptors (Lipinski definition) is 5. The minimum absolute atomic E-state index is 0.0377. The average molecular weight is 238 g/mol. The molecule has 8 heteroatoms. The maximum atomic E-state index is 11.5. The number of carboxylic acids is 1. The molecule has 0 aromatic carbocycles. The lowest BCUT2D eigenvalue weighted by Gasteiger charge is -2.17. The smallest absolute Gasteiger partial charge is 0.323 e. The van der Waals surface area contributed by atoms with Gasteiger partial charge in [0.25, 0.3) is 0 Å². The summed E-state index contributed by atoms with van der Waals surface area (Å²) in [5.74, 6) is 1.34. The van der Waals surface area contributed by atoms with E-state index in [1.165, 1.54) is 0 Å². The van der Waals surface area contributed by atoms with E-state index in [9.17, 15) is 9.59 Å². The molecule has 1 heterocycles. The van der Waals surface area contributed by atoms with Gasteiger partial charge < -0.3 is 19.8 Å². The SMILES string of the molecule is C#CCN(CC(=O)O)C(=O)NCc1ncon1. The van der Waals surface area contributed by atoms with Crippen LogP contribution in [0.4, 0.5) is 4.79 Å². The van der Waals surface area contributed by atoms with Crippen LogP contribution < -0.4 is 5.32 Å². The molecule has 17 heavy (non-hydrogen) atoms. The Morgan fingerprint density at radius 3 is 2.94 bits per heavy atom. The lowest BCUT2D eigenvalue weighted by atomic mass is 10.5. The molecule has 0 aliphatic rings. The molecule has 0 saturated carbocycles. The predicted octanol–water partition coefficient (Wildman–Crippen LogP) is -0.701. The number of carbonyl (C=O) groups is 2. The summed E-state index contributed by atoms with van der Waals surface area (Å²) >= 11 is 0. The van der Waals surface area contributed by atoms with Crippen molar-refractivity contribution in [1.82, 2.24) is 20.4 Å². The first-order chi connectivity index (χ1) is 8.13. The number of aliphatic carboxylic acids is 1. The maximum Gasteiger partial charge on any atom is 0.323 e. The lowest BCUT2D eigenvalue weighted by Crippen LogP contribution is -2.42. The number of urea groups is 1. The molecular formula is C9H10N4O4. The second kappa shape index (κ2) is 6.12. The molecule has 1 rings (SSSR count). The Kier molecular flexibility index (Phi) is 4.50. The van der Waals surface area contributed by atoms with E-state index in [0.29, 0.717) is 0 Å². The first-order valence-electron chi connectivity index (χ1n) is 4.56. The fraction of sp³-hybridized carbons (Fsp3) is 0.333. The lowest BCUT2D eigenvalue weighted by molar-refractivity contribution is -0.137. The third kappa shape index (κ3) is 4.21. The number of nitrogens with one attached hydrogen (secondary N) is 1. The zero-order valence-corrected chi connectivity index (χ0v) is 8.79. The summed E-state index contributed by atoms with van der Waals surface area (Å²) in [5.41, 5.74) is 0. The molecule has 0 aliphatic heterocycles. The van der Waals surface area contributed by atoms with E-state index in [2.05, 4.69) is 25.9 Å². The van der Waals surface area contributed by atoms with E-state index in [4.69, 9.17) is 11.5 Å². The average Bonchev–Trinajstić information content (AvgIpc) is 2.77. The Balaban J connectivity index is 2.47. The van der Waals surface area contributed by atoms with Crippen LogP contribution in [0.25, 0.3) is 0 Å². The van der Waals surface area contributed by atoms with E-state index in [-0.39, 0.29) is 18.9 Å². The van der Waals surface area contributed by atoms with E-state index < -0.39 is 18.5 Å². The van der Waals surface area contributed by atoms with Gasteiger partial charge in [0, 0.05) is 0 Å². The second-order valence-electron chi connectivity index (χ2n) is 2.96. The maximum absolute atomic E-state index is 11.5. The molecule has 0 bridgehead atoms. The fourth-order valence-electron chi connectivity index (χ4n) is 1.01. The highest BCUT2D eigenvalue weighted by molar-refractivity contribution is 5.80. The van der Waals surface area contributed by atoms with E-state index in [0.717, 1.165) is 11.3 Å². The Bertz CT molecular complexity index is 423. The van der Waals surface area contributed by atoms with Gasteiger partial charge in [-0.3, -0.25) is 4.79 Å². The van der Waals surface area contributed by atoms with Crippen molar-refractivity contribution in [2.45, 2.75) is 6.54 Å². The summed E-state index contributed by atoms with van der Waals surface area (Å²) in [4.78, 5) is 26.7. The molecule has 0 unspecified atom stereocenters. The molecule has 1 aromatic heterocycles. The first kappa shape index (κ1) is 12.5. The number of carboxylic acid groups (broad SMARTS) is 1. The van der Waals surface area contributed by atoms with Crippen molar-refractivity contribution in [3.63, 3.8) is 0 Å². The number of rotatable bonds is 5. The second-order valence-corrected chi connectivity index (χ2v) is 2.96. The number of aromatic nitrogens is 2. The van der Waals surface area contributed by atoms with Crippen molar-refractivity contribution in [1.29, 1.82) is 0 Å². The molecular weight excluding hydrogens is 228 g/mol. The number of terminal acetylenes is 1. The van der Waals surface area contributed by atoms with Gasteiger partial charge in [-0.15, -0.1) is 6.42 Å². The Morgan fingerprint density at radius 1 is 1.65 bits per heavy atom. The third-order valence-corrected chi connectivity index (χ3v) is 1.70. The van der Waals surface area contributed by atoms with Gasteiger partial charge in [-0.2, -0.15) is 4.98 Å². The van der Waals surface area contributed by atoms with Crippen LogP contribution in [0.3, 0.4) is 0 Å². The van der Waals surface area contributed by atoms with Crippen molar-refractivity contribution in [2.24, 2.45) is 0 Å². The summed E-state index contributed by atoms with van der Waals surface area (Å²) in [6.07, 6.45) is 6.15. The van der Waals surface area contributed by atoms with Crippen LogP contribution in [0, 0.1) is 12.3 Å². The van der Waals surface area contributed by atoms with Gasteiger partial charge in [-0.1, -0.05) is 11.1 Å². The molecule has 0 atom stereocenters. The van der Waals surface area contributed by atoms with Crippen LogP contribution in [0.15, 0.2) is 10.9 Å². The summed E-state index contributed by atoms with van der Waals surface area (Å²) in [5, 5.41) is 14.5. The van der Waals surface area contributed by atoms with Crippen molar-refractivity contribution < 1.29 is 19.2 Å². The number of nitrogens with zero attached hydrogens (tertiary/aromatic N) is 3. The minimum Gasteiger partial charge on any atom is -0.480 e. The van der Waals surface area contributed by atoms with Crippen LogP contribution in [0.2, 0.25) is 0 Å². The molecule has 90 valence electrons. The molecule has 0 fully saturated rings. The van der Waals surface area contributed by atoms with Crippen LogP contribution >= 0.6 is 0 Å². The molecule has 2 N–H and O–H groups in total. The molecule has 0 radical (unpaired) electrons.